The van der Waals surface area contributed by atoms with Crippen LogP contribution >= 0.6 is 12.2 Å². The molecule has 0 bridgehead atoms. The molecule has 0 aliphatic heterocycles. The van der Waals surface area contributed by atoms with E-state index < -0.39 is 12.0 Å². The van der Waals surface area contributed by atoms with Gasteiger partial charge in [0.15, 0.2) is 0 Å². The van der Waals surface area contributed by atoms with Crippen LogP contribution in [0.4, 0.5) is 0 Å². The first-order valence-corrected chi connectivity index (χ1v) is 3.21. The molecule has 1 unspecified atom stereocenters. The maximum atomic E-state index is 10.1. The van der Waals surface area contributed by atoms with Gasteiger partial charge >= 0.3 is 5.97 Å². The number of carboxylic acid groups (broad SMARTS) is 1. The zero-order chi connectivity index (χ0) is 8.15. The fourth-order valence-electron chi connectivity index (χ4n) is 0.421. The first kappa shape index (κ1) is 9.32. The van der Waals surface area contributed by atoms with Crippen molar-refractivity contribution in [3.05, 3.63) is 0 Å². The van der Waals surface area contributed by atoms with Gasteiger partial charge in [0, 0.05) is 0 Å². The van der Waals surface area contributed by atoms with Gasteiger partial charge in [-0.05, 0) is 12.8 Å². The lowest BCUT2D eigenvalue weighted by Crippen LogP contribution is -2.31. The Labute approximate surface area is 64.2 Å². The summed E-state index contributed by atoms with van der Waals surface area (Å²) in [6.07, 6.45) is 0.702. The zero-order valence-corrected chi connectivity index (χ0v) is 6.23. The van der Waals surface area contributed by atoms with E-state index in [9.17, 15) is 4.79 Å². The Morgan fingerprint density at radius 2 is 2.20 bits per heavy atom. The van der Waals surface area contributed by atoms with Crippen LogP contribution in [-0.4, -0.2) is 22.1 Å². The Morgan fingerprint density at radius 1 is 1.70 bits per heavy atom. The molecule has 0 aliphatic rings. The lowest BCUT2D eigenvalue weighted by Gasteiger charge is -2.03. The molecule has 0 aliphatic carbocycles. The SMILES string of the molecule is NC(=S)CCC(N)C(=O)O. The van der Waals surface area contributed by atoms with Crippen molar-refractivity contribution in [2.75, 3.05) is 0 Å². The molecule has 0 saturated carbocycles. The van der Waals surface area contributed by atoms with Gasteiger partial charge in [-0.1, -0.05) is 12.2 Å². The lowest BCUT2D eigenvalue weighted by molar-refractivity contribution is -0.138. The van der Waals surface area contributed by atoms with E-state index in [2.05, 4.69) is 12.2 Å². The molecule has 0 rings (SSSR count). The topological polar surface area (TPSA) is 89.3 Å². The highest BCUT2D eigenvalue weighted by atomic mass is 32.1. The molecule has 0 spiro atoms. The van der Waals surface area contributed by atoms with Gasteiger partial charge < -0.3 is 16.6 Å². The molecule has 1 atom stereocenters. The number of carboxylic acids is 1. The fraction of sp³-hybridized carbons (Fsp3) is 0.600. The highest BCUT2D eigenvalue weighted by molar-refractivity contribution is 7.80. The van der Waals surface area contributed by atoms with Crippen molar-refractivity contribution in [2.45, 2.75) is 18.9 Å². The van der Waals surface area contributed by atoms with Gasteiger partial charge in [-0.2, -0.15) is 0 Å². The van der Waals surface area contributed by atoms with Crippen LogP contribution in [0.2, 0.25) is 0 Å². The third-order valence-corrected chi connectivity index (χ3v) is 1.22. The van der Waals surface area contributed by atoms with E-state index in [4.69, 9.17) is 16.6 Å². The van der Waals surface area contributed by atoms with Crippen molar-refractivity contribution >= 4 is 23.2 Å². The number of thiocarbonyl (C=S) groups is 1. The lowest BCUT2D eigenvalue weighted by atomic mass is 10.2. The van der Waals surface area contributed by atoms with E-state index in [0.29, 0.717) is 17.8 Å². The summed E-state index contributed by atoms with van der Waals surface area (Å²) in [7, 11) is 0. The molecule has 0 radical (unpaired) electrons. The molecule has 0 aromatic rings. The van der Waals surface area contributed by atoms with Crippen molar-refractivity contribution < 1.29 is 9.90 Å². The highest BCUT2D eigenvalue weighted by Crippen LogP contribution is 1.93. The smallest absolute Gasteiger partial charge is 0.320 e. The molecule has 5 N–H and O–H groups in total. The average molecular weight is 162 g/mol. The number of hydrogen-bond donors (Lipinski definition) is 3. The number of aliphatic carboxylic acids is 1. The van der Waals surface area contributed by atoms with Crippen LogP contribution in [0.1, 0.15) is 12.8 Å². The monoisotopic (exact) mass is 162 g/mol. The summed E-state index contributed by atoms with van der Waals surface area (Å²) in [5.41, 5.74) is 10.3. The summed E-state index contributed by atoms with van der Waals surface area (Å²) in [5, 5.41) is 8.29. The van der Waals surface area contributed by atoms with Gasteiger partial charge in [-0.3, -0.25) is 4.79 Å². The Balaban J connectivity index is 3.49. The van der Waals surface area contributed by atoms with E-state index in [1.54, 1.807) is 0 Å². The Morgan fingerprint density at radius 3 is 2.50 bits per heavy atom. The van der Waals surface area contributed by atoms with Crippen LogP contribution in [0, 0.1) is 0 Å². The standard InChI is InChI=1S/C5H10N2O2S/c6-3(5(8)9)1-2-4(7)10/h3H,1-2,6H2,(H2,7,10)(H,8,9). The van der Waals surface area contributed by atoms with E-state index in [1.807, 2.05) is 0 Å². The number of nitrogens with two attached hydrogens (primary N) is 2. The molecule has 4 nitrogen and oxygen atoms in total. The molecule has 0 heterocycles. The summed E-state index contributed by atoms with van der Waals surface area (Å²) in [4.78, 5) is 10.4. The predicted molar refractivity (Wildman–Crippen MR) is 41.6 cm³/mol. The largest absolute Gasteiger partial charge is 0.480 e. The van der Waals surface area contributed by atoms with E-state index >= 15 is 0 Å². The number of carbonyl (C=O) groups is 1. The summed E-state index contributed by atoms with van der Waals surface area (Å²) >= 11 is 4.53. The minimum absolute atomic E-state index is 0.303. The van der Waals surface area contributed by atoms with Crippen LogP contribution < -0.4 is 11.5 Å². The molecule has 0 amide bonds. The zero-order valence-electron chi connectivity index (χ0n) is 5.41. The highest BCUT2D eigenvalue weighted by Gasteiger charge is 2.10. The van der Waals surface area contributed by atoms with Crippen LogP contribution in [0.25, 0.3) is 0 Å². The summed E-state index contributed by atoms with van der Waals surface area (Å²) in [6.45, 7) is 0. The van der Waals surface area contributed by atoms with Gasteiger partial charge in [0.1, 0.15) is 6.04 Å². The van der Waals surface area contributed by atoms with Gasteiger partial charge in [0.25, 0.3) is 0 Å². The van der Waals surface area contributed by atoms with Crippen molar-refractivity contribution in [3.63, 3.8) is 0 Å². The van der Waals surface area contributed by atoms with Crippen molar-refractivity contribution in [3.8, 4) is 0 Å². The predicted octanol–water partition coefficient (Wildman–Crippen LogP) is -0.535. The van der Waals surface area contributed by atoms with Gasteiger partial charge in [0.2, 0.25) is 0 Å². The molecular formula is C5H10N2O2S. The van der Waals surface area contributed by atoms with Crippen molar-refractivity contribution in [1.82, 2.24) is 0 Å². The normalized spacial score (nSPS) is 12.5. The molecule has 5 heteroatoms. The van der Waals surface area contributed by atoms with Gasteiger partial charge in [0.05, 0.1) is 4.99 Å². The Kier molecular flexibility index (Phi) is 3.90. The molecule has 0 aromatic heterocycles. The summed E-state index contributed by atoms with van der Waals surface area (Å²) in [6, 6.07) is -0.846. The van der Waals surface area contributed by atoms with Crippen LogP contribution in [0.5, 0.6) is 0 Å². The second-order valence-corrected chi connectivity index (χ2v) is 2.47. The van der Waals surface area contributed by atoms with E-state index in [1.165, 1.54) is 0 Å². The molecule has 0 fully saturated rings. The molecule has 0 saturated heterocycles. The molecule has 58 valence electrons. The molecule has 10 heavy (non-hydrogen) atoms. The molecule has 0 aromatic carbocycles. The summed E-state index contributed by atoms with van der Waals surface area (Å²) < 4.78 is 0. The Bertz CT molecular complexity index is 149. The second kappa shape index (κ2) is 4.19. The second-order valence-electron chi connectivity index (χ2n) is 1.95. The molecular weight excluding hydrogens is 152 g/mol. The third kappa shape index (κ3) is 4.22. The Hall–Kier alpha value is -0.680. The van der Waals surface area contributed by atoms with Crippen LogP contribution in [0.3, 0.4) is 0 Å². The first-order valence-electron chi connectivity index (χ1n) is 2.80. The van der Waals surface area contributed by atoms with E-state index in [0.717, 1.165) is 0 Å². The number of rotatable bonds is 4. The average Bonchev–Trinajstić information content (AvgIpc) is 1.82. The maximum Gasteiger partial charge on any atom is 0.320 e. The minimum Gasteiger partial charge on any atom is -0.480 e. The van der Waals surface area contributed by atoms with Crippen LogP contribution in [0.15, 0.2) is 0 Å². The summed E-state index contributed by atoms with van der Waals surface area (Å²) in [5.74, 6) is -1.02. The van der Waals surface area contributed by atoms with Gasteiger partial charge in [-0.25, -0.2) is 0 Å². The quantitative estimate of drug-likeness (QED) is 0.483. The first-order chi connectivity index (χ1) is 4.54. The maximum absolute atomic E-state index is 10.1. The number of hydrogen-bond acceptors (Lipinski definition) is 3. The minimum atomic E-state index is -1.02. The third-order valence-electron chi connectivity index (χ3n) is 1.02. The van der Waals surface area contributed by atoms with Crippen molar-refractivity contribution in [2.24, 2.45) is 11.5 Å². The van der Waals surface area contributed by atoms with E-state index in [-0.39, 0.29) is 0 Å². The van der Waals surface area contributed by atoms with Crippen LogP contribution in [-0.2, 0) is 4.79 Å². The van der Waals surface area contributed by atoms with Crippen molar-refractivity contribution in [1.29, 1.82) is 0 Å². The fourth-order valence-corrected chi connectivity index (χ4v) is 0.539. The van der Waals surface area contributed by atoms with Gasteiger partial charge in [-0.15, -0.1) is 0 Å².